The molecule has 2 aromatic rings. The molecule has 2 amide bonds. The minimum absolute atomic E-state index is 0.104. The van der Waals surface area contributed by atoms with Crippen LogP contribution in [-0.2, 0) is 9.53 Å². The molecular weight excluding hydrogens is 383 g/mol. The number of hydrogen-bond acceptors (Lipinski definition) is 4. The Hall–Kier alpha value is -1.05. The molecule has 1 fully saturated rings. The highest BCUT2D eigenvalue weighted by Gasteiger charge is 2.30. The van der Waals surface area contributed by atoms with Gasteiger partial charge >= 0.3 is 0 Å². The molecule has 0 radical (unpaired) electrons. The second kappa shape index (κ2) is 6.45. The van der Waals surface area contributed by atoms with Crippen molar-refractivity contribution in [2.75, 3.05) is 19.7 Å². The minimum Gasteiger partial charge on any atom is -0.367 e. The Kier molecular flexibility index (Phi) is 4.71. The maximum Gasteiger partial charge on any atom is 0.265 e. The van der Waals surface area contributed by atoms with Crippen LogP contribution < -0.4 is 5.73 Å². The highest BCUT2D eigenvalue weighted by molar-refractivity contribution is 7.21. The Bertz CT molecular complexity index is 808. The maximum atomic E-state index is 12.7. The number of morpholine rings is 1. The molecule has 0 aliphatic carbocycles. The van der Waals surface area contributed by atoms with Crippen LogP contribution in [0.2, 0.25) is 15.1 Å². The van der Waals surface area contributed by atoms with E-state index in [2.05, 4.69) is 0 Å². The SMILES string of the molecule is NC(=O)C1CN(C(=O)c2sc3cc(Cl)cc(Cl)c3c2Cl)CCO1. The van der Waals surface area contributed by atoms with Gasteiger partial charge in [-0.15, -0.1) is 11.3 Å². The average molecular weight is 394 g/mol. The number of nitrogens with zero attached hydrogens (tertiary/aromatic N) is 1. The highest BCUT2D eigenvalue weighted by Crippen LogP contribution is 2.41. The van der Waals surface area contributed by atoms with E-state index in [4.69, 9.17) is 45.3 Å². The van der Waals surface area contributed by atoms with Gasteiger partial charge in [0.25, 0.3) is 5.91 Å². The van der Waals surface area contributed by atoms with Gasteiger partial charge in [-0.05, 0) is 12.1 Å². The van der Waals surface area contributed by atoms with Crippen LogP contribution in [-0.4, -0.2) is 42.5 Å². The predicted molar refractivity (Wildman–Crippen MR) is 91.7 cm³/mol. The first-order chi connectivity index (χ1) is 10.9. The zero-order chi connectivity index (χ0) is 16.7. The number of amides is 2. The number of hydrogen-bond donors (Lipinski definition) is 1. The summed E-state index contributed by atoms with van der Waals surface area (Å²) in [6, 6.07) is 3.29. The van der Waals surface area contributed by atoms with E-state index >= 15 is 0 Å². The molecule has 1 atom stereocenters. The summed E-state index contributed by atoms with van der Waals surface area (Å²) in [4.78, 5) is 25.8. The second-order valence-electron chi connectivity index (χ2n) is 5.02. The molecule has 1 aromatic heterocycles. The number of rotatable bonds is 2. The van der Waals surface area contributed by atoms with E-state index in [9.17, 15) is 9.59 Å². The molecule has 23 heavy (non-hydrogen) atoms. The van der Waals surface area contributed by atoms with Gasteiger partial charge in [0.15, 0.2) is 6.10 Å². The standard InChI is InChI=1S/C14H11Cl3N2O3S/c15-6-3-7(16)10-9(4-6)23-12(11(10)17)14(21)19-1-2-22-8(5-19)13(18)20/h3-4,8H,1-2,5H2,(H2,18,20). The number of benzene rings is 1. The number of halogens is 3. The molecule has 1 aliphatic rings. The topological polar surface area (TPSA) is 72.6 Å². The lowest BCUT2D eigenvalue weighted by molar-refractivity contribution is -0.133. The number of fused-ring (bicyclic) bond motifs is 1. The fraction of sp³-hybridized carbons (Fsp3) is 0.286. The monoisotopic (exact) mass is 392 g/mol. The Morgan fingerprint density at radius 2 is 2.04 bits per heavy atom. The quantitative estimate of drug-likeness (QED) is 0.851. The van der Waals surface area contributed by atoms with E-state index in [1.54, 1.807) is 12.1 Å². The molecular formula is C14H11Cl3N2O3S. The van der Waals surface area contributed by atoms with Crippen molar-refractivity contribution in [3.05, 3.63) is 32.1 Å². The van der Waals surface area contributed by atoms with Crippen molar-refractivity contribution < 1.29 is 14.3 Å². The van der Waals surface area contributed by atoms with Crippen LogP contribution >= 0.6 is 46.1 Å². The summed E-state index contributed by atoms with van der Waals surface area (Å²) in [5.74, 6) is -0.877. The normalized spacial score (nSPS) is 18.4. The summed E-state index contributed by atoms with van der Waals surface area (Å²) in [6.45, 7) is 0.712. The molecule has 0 spiro atoms. The molecule has 2 heterocycles. The lowest BCUT2D eigenvalue weighted by Gasteiger charge is -2.31. The molecule has 0 bridgehead atoms. The molecule has 1 saturated heterocycles. The summed E-state index contributed by atoms with van der Waals surface area (Å²) in [5, 5.41) is 1.76. The average Bonchev–Trinajstić information content (AvgIpc) is 2.83. The van der Waals surface area contributed by atoms with Crippen molar-refractivity contribution in [2.24, 2.45) is 5.73 Å². The molecule has 9 heteroatoms. The first-order valence-corrected chi connectivity index (χ1v) is 8.60. The predicted octanol–water partition coefficient (Wildman–Crippen LogP) is 3.19. The number of nitrogens with two attached hydrogens (primary N) is 1. The zero-order valence-corrected chi connectivity index (χ0v) is 14.7. The molecule has 1 unspecified atom stereocenters. The lowest BCUT2D eigenvalue weighted by atomic mass is 10.2. The van der Waals surface area contributed by atoms with Crippen molar-refractivity contribution >= 4 is 68.0 Å². The van der Waals surface area contributed by atoms with Crippen molar-refractivity contribution in [3.8, 4) is 0 Å². The number of thiophene rings is 1. The van der Waals surface area contributed by atoms with E-state index in [1.807, 2.05) is 0 Å². The fourth-order valence-electron chi connectivity index (χ4n) is 2.40. The van der Waals surface area contributed by atoms with Gasteiger partial charge in [-0.25, -0.2) is 0 Å². The second-order valence-corrected chi connectivity index (χ2v) is 7.29. The Labute approximate surface area is 150 Å². The zero-order valence-electron chi connectivity index (χ0n) is 11.6. The van der Waals surface area contributed by atoms with E-state index in [0.717, 1.165) is 4.70 Å². The third kappa shape index (κ3) is 3.14. The summed E-state index contributed by atoms with van der Waals surface area (Å²) in [5.41, 5.74) is 5.24. The molecule has 122 valence electrons. The third-order valence-corrected chi connectivity index (χ3v) is 5.65. The van der Waals surface area contributed by atoms with Gasteiger partial charge in [0.2, 0.25) is 5.91 Å². The minimum atomic E-state index is -0.807. The van der Waals surface area contributed by atoms with Gasteiger partial charge in [0, 0.05) is 21.7 Å². The summed E-state index contributed by atoms with van der Waals surface area (Å²) < 4.78 is 5.98. The van der Waals surface area contributed by atoms with E-state index in [-0.39, 0.29) is 19.1 Å². The molecule has 2 N–H and O–H groups in total. The van der Waals surface area contributed by atoms with Crippen LogP contribution in [0.15, 0.2) is 12.1 Å². The van der Waals surface area contributed by atoms with Crippen LogP contribution in [0.3, 0.4) is 0 Å². The number of primary amides is 1. The number of carbonyl (C=O) groups excluding carboxylic acids is 2. The highest BCUT2D eigenvalue weighted by atomic mass is 35.5. The number of carbonyl (C=O) groups is 2. The van der Waals surface area contributed by atoms with E-state index in [1.165, 1.54) is 16.2 Å². The smallest absolute Gasteiger partial charge is 0.265 e. The molecule has 1 aromatic carbocycles. The Morgan fingerprint density at radius 3 is 2.74 bits per heavy atom. The first kappa shape index (κ1) is 16.8. The van der Waals surface area contributed by atoms with Crippen molar-refractivity contribution in [1.29, 1.82) is 0 Å². The van der Waals surface area contributed by atoms with Crippen LogP contribution in [0.4, 0.5) is 0 Å². The van der Waals surface area contributed by atoms with Crippen molar-refractivity contribution in [1.82, 2.24) is 4.90 Å². The summed E-state index contributed by atoms with van der Waals surface area (Å²) >= 11 is 19.7. The summed E-state index contributed by atoms with van der Waals surface area (Å²) in [6.07, 6.45) is -0.807. The summed E-state index contributed by atoms with van der Waals surface area (Å²) in [7, 11) is 0. The Balaban J connectivity index is 1.96. The van der Waals surface area contributed by atoms with Gasteiger partial charge < -0.3 is 15.4 Å². The lowest BCUT2D eigenvalue weighted by Crippen LogP contribution is -2.50. The maximum absolute atomic E-state index is 12.7. The third-order valence-electron chi connectivity index (χ3n) is 3.51. The number of ether oxygens (including phenoxy) is 1. The van der Waals surface area contributed by atoms with E-state index in [0.29, 0.717) is 31.9 Å². The largest absolute Gasteiger partial charge is 0.367 e. The fourth-order valence-corrected chi connectivity index (χ4v) is 4.74. The Morgan fingerprint density at radius 1 is 1.30 bits per heavy atom. The van der Waals surface area contributed by atoms with Crippen LogP contribution in [0, 0.1) is 0 Å². The first-order valence-electron chi connectivity index (χ1n) is 6.65. The molecule has 5 nitrogen and oxygen atoms in total. The van der Waals surface area contributed by atoms with Crippen LogP contribution in [0.5, 0.6) is 0 Å². The molecule has 3 rings (SSSR count). The van der Waals surface area contributed by atoms with Gasteiger partial charge in [-0.3, -0.25) is 9.59 Å². The van der Waals surface area contributed by atoms with Gasteiger partial charge in [-0.2, -0.15) is 0 Å². The van der Waals surface area contributed by atoms with Gasteiger partial charge in [0.1, 0.15) is 4.88 Å². The van der Waals surface area contributed by atoms with Crippen LogP contribution in [0.1, 0.15) is 9.67 Å². The van der Waals surface area contributed by atoms with Crippen LogP contribution in [0.25, 0.3) is 10.1 Å². The van der Waals surface area contributed by atoms with Gasteiger partial charge in [0.05, 0.1) is 23.2 Å². The van der Waals surface area contributed by atoms with Gasteiger partial charge in [-0.1, -0.05) is 34.8 Å². The van der Waals surface area contributed by atoms with Crippen molar-refractivity contribution in [3.63, 3.8) is 0 Å². The molecule has 0 saturated carbocycles. The van der Waals surface area contributed by atoms with E-state index < -0.39 is 12.0 Å². The molecule has 1 aliphatic heterocycles. The van der Waals surface area contributed by atoms with Crippen molar-refractivity contribution in [2.45, 2.75) is 6.10 Å².